The summed E-state index contributed by atoms with van der Waals surface area (Å²) in [5.41, 5.74) is -0.274. The third-order valence-electron chi connectivity index (χ3n) is 4.32. The van der Waals surface area contributed by atoms with Crippen LogP contribution in [0.1, 0.15) is 32.4 Å². The number of amides is 1. The summed E-state index contributed by atoms with van der Waals surface area (Å²) < 4.78 is 13.7. The van der Waals surface area contributed by atoms with Crippen molar-refractivity contribution in [2.75, 3.05) is 40.4 Å². The van der Waals surface area contributed by atoms with E-state index in [1.54, 1.807) is 14.1 Å². The molecule has 0 radical (unpaired) electrons. The van der Waals surface area contributed by atoms with E-state index >= 15 is 0 Å². The lowest BCUT2D eigenvalue weighted by Crippen LogP contribution is -2.53. The van der Waals surface area contributed by atoms with Crippen molar-refractivity contribution in [3.63, 3.8) is 0 Å². The highest BCUT2D eigenvalue weighted by Crippen LogP contribution is 2.22. The highest BCUT2D eigenvalue weighted by Gasteiger charge is 2.34. The highest BCUT2D eigenvalue weighted by molar-refractivity contribution is 5.76. The normalized spacial score (nSPS) is 20.6. The van der Waals surface area contributed by atoms with Gasteiger partial charge in [0.1, 0.15) is 18.3 Å². The summed E-state index contributed by atoms with van der Waals surface area (Å²) >= 11 is 0. The number of hydrogen-bond donors (Lipinski definition) is 0. The van der Waals surface area contributed by atoms with Gasteiger partial charge in [-0.2, -0.15) is 0 Å². The van der Waals surface area contributed by atoms with Crippen LogP contribution in [0, 0.1) is 0 Å². The van der Waals surface area contributed by atoms with Gasteiger partial charge in [0.2, 0.25) is 5.91 Å². The van der Waals surface area contributed by atoms with E-state index in [4.69, 9.17) is 9.47 Å². The van der Waals surface area contributed by atoms with E-state index in [1.807, 2.05) is 7.05 Å². The average Bonchev–Trinajstić information content (AvgIpc) is 2.85. The van der Waals surface area contributed by atoms with Gasteiger partial charge < -0.3 is 18.9 Å². The minimum absolute atomic E-state index is 0.0434. The number of aromatic nitrogens is 3. The molecule has 2 rings (SSSR count). The van der Waals surface area contributed by atoms with Crippen molar-refractivity contribution in [1.29, 1.82) is 0 Å². The fourth-order valence-corrected chi connectivity index (χ4v) is 3.07. The van der Waals surface area contributed by atoms with Gasteiger partial charge in [-0.1, -0.05) is 6.92 Å². The fourth-order valence-electron chi connectivity index (χ4n) is 3.07. The minimum Gasteiger partial charge on any atom is -0.369 e. The highest BCUT2D eigenvalue weighted by atomic mass is 16.5. The van der Waals surface area contributed by atoms with Crippen LogP contribution < -0.4 is 0 Å². The summed E-state index contributed by atoms with van der Waals surface area (Å²) in [6.45, 7) is 8.99. The quantitative estimate of drug-likeness (QED) is 0.709. The second-order valence-corrected chi connectivity index (χ2v) is 7.42. The Bertz CT molecular complexity index is 585. The first kappa shape index (κ1) is 19.8. The Balaban J connectivity index is 1.93. The molecular formula is C17H31N5O3. The van der Waals surface area contributed by atoms with Crippen molar-refractivity contribution in [2.24, 2.45) is 7.05 Å². The Hall–Kier alpha value is -1.51. The smallest absolute Gasteiger partial charge is 0.248 e. The van der Waals surface area contributed by atoms with Gasteiger partial charge in [0, 0.05) is 40.7 Å². The van der Waals surface area contributed by atoms with Crippen LogP contribution in [0.3, 0.4) is 0 Å². The monoisotopic (exact) mass is 353 g/mol. The lowest BCUT2D eigenvalue weighted by atomic mass is 10.1. The second kappa shape index (κ2) is 8.25. The molecule has 1 fully saturated rings. The van der Waals surface area contributed by atoms with E-state index in [-0.39, 0.29) is 24.2 Å². The maximum Gasteiger partial charge on any atom is 0.248 e. The standard InChI is InChI=1S/C17H31N5O3/c1-7-14-18-19-15(21(14)6)9-22-8-13(25-17(2,3)12-22)10-24-11-16(23)20(4)5/h13H,7-12H2,1-6H3/t13-/m0/s1. The number of nitrogens with zero attached hydrogens (tertiary/aromatic N) is 5. The minimum atomic E-state index is -0.274. The van der Waals surface area contributed by atoms with Crippen molar-refractivity contribution >= 4 is 5.91 Å². The SMILES string of the molecule is CCc1nnc(CN2C[C@@H](COCC(=O)N(C)C)OC(C)(C)C2)n1C. The van der Waals surface area contributed by atoms with Crippen LogP contribution in [0.4, 0.5) is 0 Å². The number of morpholine rings is 1. The molecule has 0 aliphatic carbocycles. The van der Waals surface area contributed by atoms with E-state index in [0.29, 0.717) is 6.61 Å². The second-order valence-electron chi connectivity index (χ2n) is 7.42. The molecule has 1 aliphatic rings. The topological polar surface area (TPSA) is 72.7 Å². The van der Waals surface area contributed by atoms with Gasteiger partial charge in [0.15, 0.2) is 0 Å². The number of hydrogen-bond acceptors (Lipinski definition) is 6. The van der Waals surface area contributed by atoms with Crippen LogP contribution in [0.25, 0.3) is 0 Å². The zero-order valence-corrected chi connectivity index (χ0v) is 16.3. The van der Waals surface area contributed by atoms with Crippen molar-refractivity contribution < 1.29 is 14.3 Å². The van der Waals surface area contributed by atoms with Gasteiger partial charge in [0.05, 0.1) is 24.9 Å². The molecule has 0 aromatic carbocycles. The van der Waals surface area contributed by atoms with Crippen molar-refractivity contribution in [1.82, 2.24) is 24.6 Å². The van der Waals surface area contributed by atoms with E-state index in [1.165, 1.54) is 4.90 Å². The van der Waals surface area contributed by atoms with Crippen LogP contribution in [0.2, 0.25) is 0 Å². The molecule has 142 valence electrons. The average molecular weight is 353 g/mol. The van der Waals surface area contributed by atoms with Gasteiger partial charge >= 0.3 is 0 Å². The van der Waals surface area contributed by atoms with Crippen molar-refractivity contribution in [3.05, 3.63) is 11.6 Å². The zero-order valence-electron chi connectivity index (χ0n) is 16.3. The van der Waals surface area contributed by atoms with E-state index in [2.05, 4.69) is 40.4 Å². The van der Waals surface area contributed by atoms with E-state index < -0.39 is 0 Å². The Kier molecular flexibility index (Phi) is 6.53. The van der Waals surface area contributed by atoms with Gasteiger partial charge in [0.25, 0.3) is 0 Å². The maximum atomic E-state index is 11.6. The lowest BCUT2D eigenvalue weighted by molar-refractivity contribution is -0.161. The maximum absolute atomic E-state index is 11.6. The Morgan fingerprint density at radius 3 is 2.64 bits per heavy atom. The van der Waals surface area contributed by atoms with Gasteiger partial charge in [-0.3, -0.25) is 9.69 Å². The first-order valence-electron chi connectivity index (χ1n) is 8.77. The predicted octanol–water partition coefficient (Wildman–Crippen LogP) is 0.462. The molecule has 0 bridgehead atoms. The number of ether oxygens (including phenoxy) is 2. The predicted molar refractivity (Wildman–Crippen MR) is 94.1 cm³/mol. The molecule has 0 unspecified atom stereocenters. The molecule has 1 amide bonds. The molecule has 1 aliphatic heterocycles. The molecule has 1 aromatic heterocycles. The Morgan fingerprint density at radius 1 is 1.36 bits per heavy atom. The van der Waals surface area contributed by atoms with Gasteiger partial charge in [-0.15, -0.1) is 10.2 Å². The van der Waals surface area contributed by atoms with E-state index in [9.17, 15) is 4.79 Å². The van der Waals surface area contributed by atoms with Crippen LogP contribution in [0.5, 0.6) is 0 Å². The summed E-state index contributed by atoms with van der Waals surface area (Å²) in [6, 6.07) is 0. The molecule has 8 heteroatoms. The van der Waals surface area contributed by atoms with E-state index in [0.717, 1.165) is 37.7 Å². The molecule has 1 aromatic rings. The van der Waals surface area contributed by atoms with Crippen LogP contribution in [-0.4, -0.2) is 82.6 Å². The Morgan fingerprint density at radius 2 is 2.04 bits per heavy atom. The zero-order chi connectivity index (χ0) is 18.6. The van der Waals surface area contributed by atoms with Crippen molar-refractivity contribution in [2.45, 2.75) is 45.4 Å². The molecule has 0 N–H and O–H groups in total. The number of rotatable bonds is 7. The Labute approximate surface area is 150 Å². The summed E-state index contributed by atoms with van der Waals surface area (Å²) in [4.78, 5) is 15.5. The summed E-state index contributed by atoms with van der Waals surface area (Å²) in [7, 11) is 5.45. The van der Waals surface area contributed by atoms with Crippen LogP contribution in [-0.2, 0) is 34.3 Å². The summed E-state index contributed by atoms with van der Waals surface area (Å²) in [5, 5.41) is 8.54. The third-order valence-corrected chi connectivity index (χ3v) is 4.32. The van der Waals surface area contributed by atoms with Crippen LogP contribution in [0.15, 0.2) is 0 Å². The fraction of sp³-hybridized carbons (Fsp3) is 0.824. The molecular weight excluding hydrogens is 322 g/mol. The van der Waals surface area contributed by atoms with Crippen LogP contribution >= 0.6 is 0 Å². The molecule has 2 heterocycles. The lowest BCUT2D eigenvalue weighted by Gasteiger charge is -2.42. The largest absolute Gasteiger partial charge is 0.369 e. The molecule has 0 spiro atoms. The third kappa shape index (κ3) is 5.49. The van der Waals surface area contributed by atoms with Crippen molar-refractivity contribution in [3.8, 4) is 0 Å². The number of carbonyl (C=O) groups excluding carboxylic acids is 1. The van der Waals surface area contributed by atoms with Gasteiger partial charge in [-0.05, 0) is 13.8 Å². The number of carbonyl (C=O) groups is 1. The first-order valence-corrected chi connectivity index (χ1v) is 8.77. The molecule has 1 atom stereocenters. The number of aryl methyl sites for hydroxylation is 1. The summed E-state index contributed by atoms with van der Waals surface area (Å²) in [6.07, 6.45) is 0.798. The molecule has 0 saturated carbocycles. The summed E-state index contributed by atoms with van der Waals surface area (Å²) in [5.74, 6) is 1.90. The van der Waals surface area contributed by atoms with Gasteiger partial charge in [-0.25, -0.2) is 0 Å². The first-order chi connectivity index (χ1) is 11.7. The molecule has 25 heavy (non-hydrogen) atoms. The molecule has 1 saturated heterocycles. The number of likely N-dealkylation sites (N-methyl/N-ethyl adjacent to an activating group) is 1. The molecule has 8 nitrogen and oxygen atoms in total.